The van der Waals surface area contributed by atoms with E-state index in [1.165, 1.54) is 24.6 Å². The minimum Gasteiger partial charge on any atom is -0.370 e. The van der Waals surface area contributed by atoms with Crippen molar-refractivity contribution in [3.63, 3.8) is 0 Å². The van der Waals surface area contributed by atoms with Gasteiger partial charge >= 0.3 is 0 Å². The Balaban J connectivity index is 0.00000156. The summed E-state index contributed by atoms with van der Waals surface area (Å²) in [4.78, 5) is 3.58. The Morgan fingerprint density at radius 1 is 1.16 bits per heavy atom. The first-order valence-corrected chi connectivity index (χ1v) is 9.34. The molecule has 0 bridgehead atoms. The van der Waals surface area contributed by atoms with E-state index in [0.717, 1.165) is 30.1 Å². The highest BCUT2D eigenvalue weighted by atomic mass is 35.5. The average molecular weight is 403 g/mol. The van der Waals surface area contributed by atoms with E-state index >= 15 is 0 Å². The largest absolute Gasteiger partial charge is 0.370 e. The fraction of sp³-hybridized carbons (Fsp3) is 0.368. The van der Waals surface area contributed by atoms with Crippen molar-refractivity contribution in [3.8, 4) is 0 Å². The first-order valence-electron chi connectivity index (χ1n) is 8.12. The van der Waals surface area contributed by atoms with Gasteiger partial charge in [0.2, 0.25) is 0 Å². The van der Waals surface area contributed by atoms with Crippen LogP contribution in [0.2, 0.25) is 0 Å². The number of rotatable bonds is 5. The fourth-order valence-electron chi connectivity index (χ4n) is 3.16. The van der Waals surface area contributed by atoms with Crippen LogP contribution in [0.1, 0.15) is 18.4 Å². The SMILES string of the molecule is CSc1ccc(F)cc1CNC1CCCN(c2ccccc2)C1.Cl.Cl. The summed E-state index contributed by atoms with van der Waals surface area (Å²) in [6.45, 7) is 2.84. The van der Waals surface area contributed by atoms with Crippen molar-refractivity contribution in [3.05, 3.63) is 59.9 Å². The third-order valence-electron chi connectivity index (χ3n) is 4.37. The molecule has 1 heterocycles. The monoisotopic (exact) mass is 402 g/mol. The number of halogens is 3. The number of nitrogens with zero attached hydrogens (tertiary/aromatic N) is 1. The molecule has 0 aliphatic carbocycles. The molecule has 1 fully saturated rings. The number of benzene rings is 2. The number of nitrogens with one attached hydrogen (secondary N) is 1. The molecule has 1 N–H and O–H groups in total. The molecule has 6 heteroatoms. The molecule has 0 aromatic heterocycles. The Morgan fingerprint density at radius 2 is 1.92 bits per heavy atom. The van der Waals surface area contributed by atoms with Crippen molar-refractivity contribution in [1.82, 2.24) is 5.32 Å². The normalized spacial score (nSPS) is 16.7. The summed E-state index contributed by atoms with van der Waals surface area (Å²) in [6, 6.07) is 16.1. The lowest BCUT2D eigenvalue weighted by Gasteiger charge is -2.35. The number of hydrogen-bond acceptors (Lipinski definition) is 3. The van der Waals surface area contributed by atoms with Gasteiger partial charge in [-0.1, -0.05) is 18.2 Å². The smallest absolute Gasteiger partial charge is 0.123 e. The van der Waals surface area contributed by atoms with Crippen LogP contribution in [0.4, 0.5) is 10.1 Å². The molecule has 2 aromatic carbocycles. The van der Waals surface area contributed by atoms with E-state index in [1.54, 1.807) is 17.8 Å². The van der Waals surface area contributed by atoms with Gasteiger partial charge in [0, 0.05) is 36.3 Å². The van der Waals surface area contributed by atoms with E-state index in [9.17, 15) is 4.39 Å². The van der Waals surface area contributed by atoms with Gasteiger partial charge in [0.05, 0.1) is 0 Å². The van der Waals surface area contributed by atoms with Gasteiger partial charge < -0.3 is 10.2 Å². The molecular weight excluding hydrogens is 378 g/mol. The van der Waals surface area contributed by atoms with Crippen molar-refractivity contribution in [1.29, 1.82) is 0 Å². The van der Waals surface area contributed by atoms with Crippen LogP contribution in [0.5, 0.6) is 0 Å². The Bertz CT molecular complexity index is 643. The van der Waals surface area contributed by atoms with E-state index in [-0.39, 0.29) is 30.6 Å². The molecule has 0 radical (unpaired) electrons. The van der Waals surface area contributed by atoms with Crippen molar-refractivity contribution in [2.45, 2.75) is 30.3 Å². The molecule has 0 spiro atoms. The van der Waals surface area contributed by atoms with Crippen LogP contribution in [0, 0.1) is 5.82 Å². The van der Waals surface area contributed by atoms with Crippen molar-refractivity contribution < 1.29 is 4.39 Å². The van der Waals surface area contributed by atoms with E-state index < -0.39 is 0 Å². The minimum atomic E-state index is -0.158. The molecule has 1 atom stereocenters. The Kier molecular flexibility index (Phi) is 9.65. The summed E-state index contributed by atoms with van der Waals surface area (Å²) < 4.78 is 13.5. The molecule has 1 unspecified atom stereocenters. The number of anilines is 1. The topological polar surface area (TPSA) is 15.3 Å². The van der Waals surface area contributed by atoms with Gasteiger partial charge in [0.15, 0.2) is 0 Å². The van der Waals surface area contributed by atoms with Crippen LogP contribution in [-0.4, -0.2) is 25.4 Å². The van der Waals surface area contributed by atoms with Crippen molar-refractivity contribution in [2.75, 3.05) is 24.2 Å². The third kappa shape index (κ3) is 6.07. The molecule has 138 valence electrons. The second-order valence-corrected chi connectivity index (χ2v) is 6.81. The average Bonchev–Trinajstić information content (AvgIpc) is 2.61. The van der Waals surface area contributed by atoms with Gasteiger partial charge in [-0.05, 0) is 55.0 Å². The van der Waals surface area contributed by atoms with Crippen molar-refractivity contribution >= 4 is 42.3 Å². The Morgan fingerprint density at radius 3 is 2.64 bits per heavy atom. The maximum absolute atomic E-state index is 13.5. The first-order chi connectivity index (χ1) is 11.3. The summed E-state index contributed by atoms with van der Waals surface area (Å²) in [5, 5.41) is 3.62. The van der Waals surface area contributed by atoms with Gasteiger partial charge in [-0.15, -0.1) is 36.6 Å². The zero-order valence-corrected chi connectivity index (χ0v) is 16.7. The van der Waals surface area contributed by atoms with Gasteiger partial charge in [0.25, 0.3) is 0 Å². The van der Waals surface area contributed by atoms with Crippen LogP contribution in [-0.2, 0) is 6.54 Å². The van der Waals surface area contributed by atoms with Crippen LogP contribution >= 0.6 is 36.6 Å². The molecule has 0 amide bonds. The number of piperidine rings is 1. The van der Waals surface area contributed by atoms with Crippen LogP contribution in [0.15, 0.2) is 53.4 Å². The summed E-state index contributed by atoms with van der Waals surface area (Å²) in [5.74, 6) is -0.158. The predicted molar refractivity (Wildman–Crippen MR) is 111 cm³/mol. The summed E-state index contributed by atoms with van der Waals surface area (Å²) in [5.41, 5.74) is 2.34. The molecule has 1 aliphatic heterocycles. The van der Waals surface area contributed by atoms with Crippen LogP contribution in [0.3, 0.4) is 0 Å². The standard InChI is InChI=1S/C19H23FN2S.2ClH/c1-23-19-10-9-16(20)12-15(19)13-21-17-6-5-11-22(14-17)18-7-3-2-4-8-18;;/h2-4,7-10,12,17,21H,5-6,11,13-14H2,1H3;2*1H. The highest BCUT2D eigenvalue weighted by molar-refractivity contribution is 7.98. The lowest BCUT2D eigenvalue weighted by atomic mass is 10.0. The lowest BCUT2D eigenvalue weighted by molar-refractivity contribution is 0.420. The maximum atomic E-state index is 13.5. The quantitative estimate of drug-likeness (QED) is 0.695. The lowest BCUT2D eigenvalue weighted by Crippen LogP contribution is -2.45. The van der Waals surface area contributed by atoms with Gasteiger partial charge in [-0.2, -0.15) is 0 Å². The molecule has 2 nitrogen and oxygen atoms in total. The van der Waals surface area contributed by atoms with E-state index in [2.05, 4.69) is 40.5 Å². The first kappa shape index (κ1) is 22.1. The molecule has 1 saturated heterocycles. The number of thioether (sulfide) groups is 1. The molecule has 1 aliphatic rings. The predicted octanol–water partition coefficient (Wildman–Crippen LogP) is 5.15. The van der Waals surface area contributed by atoms with E-state index in [1.807, 2.05) is 12.3 Å². The number of hydrogen-bond donors (Lipinski definition) is 1. The van der Waals surface area contributed by atoms with Crippen LogP contribution < -0.4 is 10.2 Å². The second kappa shape index (κ2) is 10.9. The van der Waals surface area contributed by atoms with Gasteiger partial charge in [-0.25, -0.2) is 4.39 Å². The summed E-state index contributed by atoms with van der Waals surface area (Å²) in [7, 11) is 0. The fourth-order valence-corrected chi connectivity index (χ4v) is 3.75. The Hall–Kier alpha value is -0.940. The van der Waals surface area contributed by atoms with Gasteiger partial charge in [0.1, 0.15) is 5.82 Å². The van der Waals surface area contributed by atoms with E-state index in [4.69, 9.17) is 0 Å². The second-order valence-electron chi connectivity index (χ2n) is 5.96. The third-order valence-corrected chi connectivity index (χ3v) is 5.20. The van der Waals surface area contributed by atoms with E-state index in [0.29, 0.717) is 6.04 Å². The van der Waals surface area contributed by atoms with Gasteiger partial charge in [-0.3, -0.25) is 0 Å². The van der Waals surface area contributed by atoms with Crippen LogP contribution in [0.25, 0.3) is 0 Å². The summed E-state index contributed by atoms with van der Waals surface area (Å²) in [6.07, 6.45) is 4.40. The highest BCUT2D eigenvalue weighted by Crippen LogP contribution is 2.23. The molecule has 25 heavy (non-hydrogen) atoms. The molecule has 0 saturated carbocycles. The molecule has 2 aromatic rings. The molecule has 3 rings (SSSR count). The maximum Gasteiger partial charge on any atom is 0.123 e. The minimum absolute atomic E-state index is 0. The number of para-hydroxylation sites is 1. The zero-order valence-electron chi connectivity index (χ0n) is 14.3. The summed E-state index contributed by atoms with van der Waals surface area (Å²) >= 11 is 1.67. The van der Waals surface area contributed by atoms with Crippen molar-refractivity contribution in [2.24, 2.45) is 0 Å². The highest BCUT2D eigenvalue weighted by Gasteiger charge is 2.19. The zero-order chi connectivity index (χ0) is 16.1. The molecular formula is C19H25Cl2FN2S. The Labute approximate surface area is 166 Å².